The minimum Gasteiger partial charge on any atom is -0.480 e. The molecule has 1 aliphatic heterocycles. The Morgan fingerprint density at radius 2 is 0.846 bits per heavy atom. The highest BCUT2D eigenvalue weighted by Crippen LogP contribution is 2.15. The molecule has 12 heteroatoms. The third kappa shape index (κ3) is 15.4. The van der Waals surface area contributed by atoms with Crippen LogP contribution in [0.25, 0.3) is 0 Å². The second kappa shape index (κ2) is 14.6. The van der Waals surface area contributed by atoms with Crippen molar-refractivity contribution in [1.29, 1.82) is 0 Å². The van der Waals surface area contributed by atoms with Crippen molar-refractivity contribution in [3.63, 3.8) is 0 Å². The zero-order chi connectivity index (χ0) is 30.0. The topological polar surface area (TPSA) is 129 Å². The molecule has 1 fully saturated rings. The lowest BCUT2D eigenvalue weighted by Gasteiger charge is -2.33. The van der Waals surface area contributed by atoms with E-state index in [1.165, 1.54) is 0 Å². The monoisotopic (exact) mass is 558 g/mol. The molecule has 0 saturated carbocycles. The number of carbonyl (C=O) groups excluding carboxylic acids is 3. The molecule has 0 radical (unpaired) electrons. The number of carboxylic acid groups (broad SMARTS) is 1. The Morgan fingerprint density at radius 3 is 1.15 bits per heavy atom. The van der Waals surface area contributed by atoms with Gasteiger partial charge in [-0.2, -0.15) is 0 Å². The molecule has 0 unspecified atom stereocenters. The van der Waals surface area contributed by atoms with Gasteiger partial charge in [-0.25, -0.2) is 14.4 Å². The SMILES string of the molecule is CC(C)(C)OC(=O)N1CCCN(C(=O)OC(C)(C)C)CCN(C(=O)OC(C)(C)C)CCCN(CC(=O)O)CC1. The van der Waals surface area contributed by atoms with Crippen molar-refractivity contribution in [2.45, 2.75) is 92.0 Å². The minimum atomic E-state index is -0.975. The fourth-order valence-electron chi connectivity index (χ4n) is 3.76. The summed E-state index contributed by atoms with van der Waals surface area (Å²) < 4.78 is 16.8. The third-order valence-electron chi connectivity index (χ3n) is 5.40. The number of hydrogen-bond acceptors (Lipinski definition) is 8. The van der Waals surface area contributed by atoms with Crippen LogP contribution in [0.2, 0.25) is 0 Å². The van der Waals surface area contributed by atoms with Gasteiger partial charge in [-0.1, -0.05) is 0 Å². The van der Waals surface area contributed by atoms with Crippen LogP contribution in [0.1, 0.15) is 75.2 Å². The summed E-state index contributed by atoms with van der Waals surface area (Å²) in [7, 11) is 0. The van der Waals surface area contributed by atoms with Gasteiger partial charge in [0.15, 0.2) is 0 Å². The van der Waals surface area contributed by atoms with E-state index >= 15 is 0 Å². The molecule has 3 amide bonds. The van der Waals surface area contributed by atoms with Crippen molar-refractivity contribution in [3.8, 4) is 0 Å². The molecule has 226 valence electrons. The zero-order valence-electron chi connectivity index (χ0n) is 25.4. The van der Waals surface area contributed by atoms with Gasteiger partial charge in [0.25, 0.3) is 0 Å². The Bertz CT molecular complexity index is 829. The van der Waals surface area contributed by atoms with Gasteiger partial charge in [0, 0.05) is 52.4 Å². The average molecular weight is 559 g/mol. The first-order valence-corrected chi connectivity index (χ1v) is 13.6. The Labute approximate surface area is 233 Å². The largest absolute Gasteiger partial charge is 0.480 e. The van der Waals surface area contributed by atoms with Crippen LogP contribution in [0.3, 0.4) is 0 Å². The van der Waals surface area contributed by atoms with E-state index in [-0.39, 0.29) is 32.7 Å². The maximum absolute atomic E-state index is 13.0. The Hall–Kier alpha value is -2.76. The smallest absolute Gasteiger partial charge is 0.410 e. The van der Waals surface area contributed by atoms with Crippen LogP contribution in [0, 0.1) is 0 Å². The van der Waals surface area contributed by atoms with Gasteiger partial charge < -0.3 is 34.0 Å². The summed E-state index contributed by atoms with van der Waals surface area (Å²) in [5.41, 5.74) is -2.08. The van der Waals surface area contributed by atoms with Crippen LogP contribution in [0.5, 0.6) is 0 Å². The lowest BCUT2D eigenvalue weighted by atomic mass is 10.2. The number of rotatable bonds is 2. The second-order valence-corrected chi connectivity index (χ2v) is 12.8. The van der Waals surface area contributed by atoms with Crippen molar-refractivity contribution in [3.05, 3.63) is 0 Å². The van der Waals surface area contributed by atoms with E-state index in [1.54, 1.807) is 81.9 Å². The van der Waals surface area contributed by atoms with Gasteiger partial charge in [0.2, 0.25) is 0 Å². The highest BCUT2D eigenvalue weighted by molar-refractivity contribution is 5.70. The van der Waals surface area contributed by atoms with Crippen LogP contribution >= 0.6 is 0 Å². The quantitative estimate of drug-likeness (QED) is 0.502. The van der Waals surface area contributed by atoms with E-state index in [4.69, 9.17) is 14.2 Å². The Kier molecular flexibility index (Phi) is 12.8. The molecule has 1 N–H and O–H groups in total. The maximum atomic E-state index is 13.0. The highest BCUT2D eigenvalue weighted by Gasteiger charge is 2.28. The van der Waals surface area contributed by atoms with Crippen molar-refractivity contribution in [2.24, 2.45) is 0 Å². The van der Waals surface area contributed by atoms with E-state index in [0.717, 1.165) is 0 Å². The maximum Gasteiger partial charge on any atom is 0.410 e. The lowest BCUT2D eigenvalue weighted by molar-refractivity contribution is -0.138. The molecule has 1 heterocycles. The number of amides is 3. The number of nitrogens with zero attached hydrogens (tertiary/aromatic N) is 4. The van der Waals surface area contributed by atoms with Crippen molar-refractivity contribution in [2.75, 3.05) is 58.9 Å². The molecular formula is C27H50N4O8. The number of carbonyl (C=O) groups is 4. The Balaban J connectivity index is 3.20. The molecule has 1 saturated heterocycles. The fraction of sp³-hybridized carbons (Fsp3) is 0.852. The second-order valence-electron chi connectivity index (χ2n) is 12.8. The van der Waals surface area contributed by atoms with Crippen molar-refractivity contribution >= 4 is 24.2 Å². The number of carboxylic acids is 1. The van der Waals surface area contributed by atoms with Gasteiger partial charge in [0.05, 0.1) is 6.54 Å². The fourth-order valence-corrected chi connectivity index (χ4v) is 3.76. The van der Waals surface area contributed by atoms with Crippen LogP contribution in [0.4, 0.5) is 14.4 Å². The predicted octanol–water partition coefficient (Wildman–Crippen LogP) is 3.88. The molecule has 1 rings (SSSR count). The zero-order valence-corrected chi connectivity index (χ0v) is 25.4. The van der Waals surface area contributed by atoms with Gasteiger partial charge in [0.1, 0.15) is 16.8 Å². The summed E-state index contributed by atoms with van der Waals surface area (Å²) in [5.74, 6) is -0.975. The number of hydrogen-bond donors (Lipinski definition) is 1. The van der Waals surface area contributed by atoms with Crippen molar-refractivity contribution in [1.82, 2.24) is 19.6 Å². The normalized spacial score (nSPS) is 17.7. The van der Waals surface area contributed by atoms with Crippen LogP contribution < -0.4 is 0 Å². The molecule has 0 bridgehead atoms. The van der Waals surface area contributed by atoms with E-state index < -0.39 is 41.1 Å². The summed E-state index contributed by atoms with van der Waals surface area (Å²) in [6.45, 7) is 18.1. The van der Waals surface area contributed by atoms with Gasteiger partial charge in [-0.3, -0.25) is 9.69 Å². The van der Waals surface area contributed by atoms with Crippen LogP contribution in [-0.2, 0) is 19.0 Å². The summed E-state index contributed by atoms with van der Waals surface area (Å²) in [6.07, 6.45) is -0.588. The van der Waals surface area contributed by atoms with Gasteiger partial charge in [-0.05, 0) is 75.2 Å². The number of aliphatic carboxylic acids is 1. The first-order valence-electron chi connectivity index (χ1n) is 13.6. The minimum absolute atomic E-state index is 0.193. The average Bonchev–Trinajstić information content (AvgIpc) is 2.71. The molecule has 12 nitrogen and oxygen atoms in total. The molecule has 1 aliphatic rings. The molecule has 0 spiro atoms. The van der Waals surface area contributed by atoms with Gasteiger partial charge >= 0.3 is 24.2 Å². The number of ether oxygens (including phenoxy) is 3. The van der Waals surface area contributed by atoms with Crippen LogP contribution in [0.15, 0.2) is 0 Å². The Morgan fingerprint density at radius 1 is 0.538 bits per heavy atom. The van der Waals surface area contributed by atoms with E-state index in [1.807, 2.05) is 0 Å². The first-order chi connectivity index (χ1) is 17.8. The van der Waals surface area contributed by atoms with Gasteiger partial charge in [-0.15, -0.1) is 0 Å². The van der Waals surface area contributed by atoms with E-state index in [9.17, 15) is 24.3 Å². The molecular weight excluding hydrogens is 508 g/mol. The van der Waals surface area contributed by atoms with E-state index in [2.05, 4.69) is 0 Å². The highest BCUT2D eigenvalue weighted by atomic mass is 16.6. The first kappa shape index (κ1) is 34.3. The molecule has 0 aromatic rings. The molecule has 39 heavy (non-hydrogen) atoms. The summed E-state index contributed by atoms with van der Waals surface area (Å²) >= 11 is 0. The van der Waals surface area contributed by atoms with E-state index in [0.29, 0.717) is 39.0 Å². The predicted molar refractivity (Wildman–Crippen MR) is 147 cm³/mol. The molecule has 0 aliphatic carbocycles. The summed E-state index contributed by atoms with van der Waals surface area (Å²) in [6, 6.07) is 0. The molecule has 0 atom stereocenters. The molecule has 0 aromatic heterocycles. The third-order valence-corrected chi connectivity index (χ3v) is 5.40. The van der Waals surface area contributed by atoms with Crippen LogP contribution in [-0.4, -0.2) is 125 Å². The van der Waals surface area contributed by atoms with Crippen molar-refractivity contribution < 1.29 is 38.5 Å². The summed E-state index contributed by atoms with van der Waals surface area (Å²) in [4.78, 5) is 56.8. The lowest BCUT2D eigenvalue weighted by Crippen LogP contribution is -2.47. The molecule has 0 aromatic carbocycles. The standard InChI is InChI=1S/C27H50N4O8/c1-25(2,3)37-22(34)29-14-11-15-31(24(36)39-27(7,8)9)19-18-30(23(35)38-26(4,5)6)13-10-12-28(16-17-29)20-21(32)33/h10-20H2,1-9H3,(H,32,33). The summed E-state index contributed by atoms with van der Waals surface area (Å²) in [5, 5.41) is 9.41.